The van der Waals surface area contributed by atoms with Crippen molar-refractivity contribution in [3.8, 4) is 5.75 Å². The van der Waals surface area contributed by atoms with E-state index in [4.69, 9.17) is 15.2 Å². The van der Waals surface area contributed by atoms with Crippen LogP contribution in [0.1, 0.15) is 5.56 Å². The zero-order valence-corrected chi connectivity index (χ0v) is 11.8. The van der Waals surface area contributed by atoms with Crippen molar-refractivity contribution in [1.82, 2.24) is 0 Å². The van der Waals surface area contributed by atoms with Gasteiger partial charge in [-0.15, -0.1) is 0 Å². The van der Waals surface area contributed by atoms with E-state index < -0.39 is 0 Å². The molecule has 0 heterocycles. The molecule has 2 aromatic carbocycles. The number of anilines is 2. The summed E-state index contributed by atoms with van der Waals surface area (Å²) in [5, 5.41) is 2.73. The smallest absolute Gasteiger partial charge is 0.250 e. The van der Waals surface area contributed by atoms with E-state index in [1.807, 2.05) is 24.3 Å². The van der Waals surface area contributed by atoms with Crippen LogP contribution in [0.3, 0.4) is 0 Å². The lowest BCUT2D eigenvalue weighted by Crippen LogP contribution is -2.18. The Hall–Kier alpha value is -2.53. The standard InChI is InChI=1S/C16H18N2O3/c1-20-15-4-2-3-12(9-15)10-21-11-16(19)18-14-7-5-13(17)6-8-14/h2-9H,10-11,17H2,1H3,(H,18,19). The quantitative estimate of drug-likeness (QED) is 0.800. The van der Waals surface area contributed by atoms with E-state index in [1.165, 1.54) is 0 Å². The second-order valence-corrected chi connectivity index (χ2v) is 4.51. The largest absolute Gasteiger partial charge is 0.497 e. The maximum atomic E-state index is 11.7. The summed E-state index contributed by atoms with van der Waals surface area (Å²) in [6.45, 7) is 0.341. The van der Waals surface area contributed by atoms with E-state index in [9.17, 15) is 4.79 Å². The van der Waals surface area contributed by atoms with Crippen LogP contribution < -0.4 is 15.8 Å². The van der Waals surface area contributed by atoms with Gasteiger partial charge in [0.05, 0.1) is 13.7 Å². The van der Waals surface area contributed by atoms with Crippen LogP contribution in [0.4, 0.5) is 11.4 Å². The molecule has 0 spiro atoms. The van der Waals surface area contributed by atoms with E-state index in [0.717, 1.165) is 11.3 Å². The number of ether oxygens (including phenoxy) is 2. The number of benzene rings is 2. The lowest BCUT2D eigenvalue weighted by Gasteiger charge is -2.07. The van der Waals surface area contributed by atoms with Gasteiger partial charge in [0.25, 0.3) is 0 Å². The predicted molar refractivity (Wildman–Crippen MR) is 82.1 cm³/mol. The molecule has 2 rings (SSSR count). The van der Waals surface area contributed by atoms with Gasteiger partial charge in [-0.3, -0.25) is 4.79 Å². The third kappa shape index (κ3) is 4.81. The molecule has 0 fully saturated rings. The lowest BCUT2D eigenvalue weighted by molar-refractivity contribution is -0.121. The van der Waals surface area contributed by atoms with E-state index in [0.29, 0.717) is 18.0 Å². The molecule has 0 aliphatic rings. The van der Waals surface area contributed by atoms with Crippen molar-refractivity contribution in [3.05, 3.63) is 54.1 Å². The molecule has 5 nitrogen and oxygen atoms in total. The lowest BCUT2D eigenvalue weighted by atomic mass is 10.2. The normalized spacial score (nSPS) is 10.1. The van der Waals surface area contributed by atoms with Gasteiger partial charge in [-0.2, -0.15) is 0 Å². The Morgan fingerprint density at radius 1 is 1.19 bits per heavy atom. The first-order valence-electron chi connectivity index (χ1n) is 6.53. The molecule has 0 atom stereocenters. The van der Waals surface area contributed by atoms with E-state index in [-0.39, 0.29) is 12.5 Å². The first-order valence-corrected chi connectivity index (χ1v) is 6.53. The number of nitrogens with two attached hydrogens (primary N) is 1. The average Bonchev–Trinajstić information content (AvgIpc) is 2.50. The Kier molecular flexibility index (Phi) is 5.17. The minimum atomic E-state index is -0.206. The molecule has 21 heavy (non-hydrogen) atoms. The second-order valence-electron chi connectivity index (χ2n) is 4.51. The summed E-state index contributed by atoms with van der Waals surface area (Å²) in [6, 6.07) is 14.5. The third-order valence-electron chi connectivity index (χ3n) is 2.83. The molecule has 0 radical (unpaired) electrons. The number of nitrogen functional groups attached to an aromatic ring is 1. The van der Waals surface area contributed by atoms with Crippen molar-refractivity contribution in [3.63, 3.8) is 0 Å². The summed E-state index contributed by atoms with van der Waals surface area (Å²) in [5.41, 5.74) is 7.88. The Labute approximate surface area is 123 Å². The van der Waals surface area contributed by atoms with Gasteiger partial charge in [-0.25, -0.2) is 0 Å². The van der Waals surface area contributed by atoms with Gasteiger partial charge < -0.3 is 20.5 Å². The maximum Gasteiger partial charge on any atom is 0.250 e. The Morgan fingerprint density at radius 3 is 2.67 bits per heavy atom. The Balaban J connectivity index is 1.77. The van der Waals surface area contributed by atoms with Crippen molar-refractivity contribution in [2.24, 2.45) is 0 Å². The van der Waals surface area contributed by atoms with E-state index >= 15 is 0 Å². The Bertz CT molecular complexity index is 597. The molecule has 0 bridgehead atoms. The average molecular weight is 286 g/mol. The molecular formula is C16H18N2O3. The highest BCUT2D eigenvalue weighted by atomic mass is 16.5. The fraction of sp³-hybridized carbons (Fsp3) is 0.188. The van der Waals surface area contributed by atoms with Crippen LogP contribution in [0.2, 0.25) is 0 Å². The number of rotatable bonds is 6. The number of amides is 1. The molecule has 0 unspecified atom stereocenters. The maximum absolute atomic E-state index is 11.7. The van der Waals surface area contributed by atoms with Crippen LogP contribution in [0.25, 0.3) is 0 Å². The van der Waals surface area contributed by atoms with E-state index in [2.05, 4.69) is 5.32 Å². The van der Waals surface area contributed by atoms with Crippen LogP contribution in [0.5, 0.6) is 5.75 Å². The molecule has 3 N–H and O–H groups in total. The zero-order valence-electron chi connectivity index (χ0n) is 11.8. The van der Waals surface area contributed by atoms with Gasteiger partial charge in [0.15, 0.2) is 0 Å². The topological polar surface area (TPSA) is 73.6 Å². The highest BCUT2D eigenvalue weighted by Gasteiger charge is 2.03. The van der Waals surface area contributed by atoms with Gasteiger partial charge in [0, 0.05) is 11.4 Å². The van der Waals surface area contributed by atoms with Crippen LogP contribution >= 0.6 is 0 Å². The molecule has 1 amide bonds. The summed E-state index contributed by atoms with van der Waals surface area (Å²) in [5.74, 6) is 0.560. The number of hydrogen-bond acceptors (Lipinski definition) is 4. The highest BCUT2D eigenvalue weighted by Crippen LogP contribution is 2.13. The third-order valence-corrected chi connectivity index (χ3v) is 2.83. The van der Waals surface area contributed by atoms with Crippen LogP contribution in [-0.4, -0.2) is 19.6 Å². The molecule has 0 saturated carbocycles. The first-order chi connectivity index (χ1) is 10.2. The number of hydrogen-bond donors (Lipinski definition) is 2. The van der Waals surface area contributed by atoms with Crippen molar-refractivity contribution < 1.29 is 14.3 Å². The fourth-order valence-corrected chi connectivity index (χ4v) is 1.79. The summed E-state index contributed by atoms with van der Waals surface area (Å²) in [7, 11) is 1.61. The van der Waals surface area contributed by atoms with Crippen LogP contribution in [0.15, 0.2) is 48.5 Å². The van der Waals surface area contributed by atoms with Gasteiger partial charge >= 0.3 is 0 Å². The zero-order chi connectivity index (χ0) is 15.1. The Morgan fingerprint density at radius 2 is 1.95 bits per heavy atom. The molecule has 5 heteroatoms. The summed E-state index contributed by atoms with van der Waals surface area (Å²) >= 11 is 0. The molecule has 0 aromatic heterocycles. The summed E-state index contributed by atoms with van der Waals surface area (Å²) in [6.07, 6.45) is 0. The van der Waals surface area contributed by atoms with Gasteiger partial charge in [0.2, 0.25) is 5.91 Å². The second kappa shape index (κ2) is 7.31. The number of methoxy groups -OCH3 is 1. The highest BCUT2D eigenvalue weighted by molar-refractivity contribution is 5.91. The van der Waals surface area contributed by atoms with Crippen molar-refractivity contribution >= 4 is 17.3 Å². The van der Waals surface area contributed by atoms with Gasteiger partial charge in [-0.05, 0) is 42.0 Å². The minimum absolute atomic E-state index is 0.0123. The van der Waals surface area contributed by atoms with Gasteiger partial charge in [0.1, 0.15) is 12.4 Å². The van der Waals surface area contributed by atoms with Crippen molar-refractivity contribution in [2.75, 3.05) is 24.8 Å². The molecule has 2 aromatic rings. The van der Waals surface area contributed by atoms with Gasteiger partial charge in [-0.1, -0.05) is 12.1 Å². The molecule has 0 aliphatic carbocycles. The number of carbonyl (C=O) groups is 1. The molecule has 0 saturated heterocycles. The first kappa shape index (κ1) is 14.9. The predicted octanol–water partition coefficient (Wildman–Crippen LogP) is 2.43. The molecular weight excluding hydrogens is 268 g/mol. The summed E-state index contributed by atoms with van der Waals surface area (Å²) in [4.78, 5) is 11.7. The minimum Gasteiger partial charge on any atom is -0.497 e. The number of carbonyl (C=O) groups excluding carboxylic acids is 1. The SMILES string of the molecule is COc1cccc(COCC(=O)Nc2ccc(N)cc2)c1. The van der Waals surface area contributed by atoms with Crippen LogP contribution in [0, 0.1) is 0 Å². The monoisotopic (exact) mass is 286 g/mol. The number of nitrogens with one attached hydrogen (secondary N) is 1. The van der Waals surface area contributed by atoms with E-state index in [1.54, 1.807) is 31.4 Å². The fourth-order valence-electron chi connectivity index (χ4n) is 1.79. The van der Waals surface area contributed by atoms with Crippen molar-refractivity contribution in [2.45, 2.75) is 6.61 Å². The van der Waals surface area contributed by atoms with Crippen molar-refractivity contribution in [1.29, 1.82) is 0 Å². The summed E-state index contributed by atoms with van der Waals surface area (Å²) < 4.78 is 10.5. The molecule has 0 aliphatic heterocycles. The van der Waals surface area contributed by atoms with Crippen LogP contribution in [-0.2, 0) is 16.1 Å². The molecule has 110 valence electrons.